The van der Waals surface area contributed by atoms with Crippen molar-refractivity contribution in [1.29, 1.82) is 0 Å². The monoisotopic (exact) mass is 221 g/mol. The first-order valence-corrected chi connectivity index (χ1v) is 5.92. The van der Waals surface area contributed by atoms with Gasteiger partial charge in [0.1, 0.15) is 0 Å². The molecular formula is C12H19N3O. The van der Waals surface area contributed by atoms with Crippen LogP contribution >= 0.6 is 0 Å². The van der Waals surface area contributed by atoms with Gasteiger partial charge in [-0.25, -0.2) is 0 Å². The Labute approximate surface area is 96.6 Å². The minimum Gasteiger partial charge on any atom is -0.384 e. The molecule has 0 bridgehead atoms. The minimum atomic E-state index is 0.811. The Morgan fingerprint density at radius 3 is 3.19 bits per heavy atom. The second kappa shape index (κ2) is 5.70. The number of pyridine rings is 1. The molecule has 1 N–H and O–H groups in total. The normalized spacial score (nSPS) is 16.9. The van der Waals surface area contributed by atoms with Gasteiger partial charge in [-0.15, -0.1) is 0 Å². The van der Waals surface area contributed by atoms with Crippen LogP contribution in [-0.4, -0.2) is 37.8 Å². The van der Waals surface area contributed by atoms with E-state index in [4.69, 9.17) is 4.74 Å². The number of hydrogen-bond acceptors (Lipinski definition) is 4. The molecule has 88 valence electrons. The Balaban J connectivity index is 2.08. The minimum absolute atomic E-state index is 0.811. The first kappa shape index (κ1) is 11.2. The summed E-state index contributed by atoms with van der Waals surface area (Å²) in [6.45, 7) is 6.71. The second-order valence-corrected chi connectivity index (χ2v) is 3.92. The van der Waals surface area contributed by atoms with Gasteiger partial charge in [-0.05, 0) is 19.4 Å². The van der Waals surface area contributed by atoms with Gasteiger partial charge >= 0.3 is 0 Å². The molecule has 1 aliphatic heterocycles. The number of ether oxygens (including phenoxy) is 1. The fourth-order valence-corrected chi connectivity index (χ4v) is 1.91. The highest BCUT2D eigenvalue weighted by molar-refractivity contribution is 5.55. The molecule has 16 heavy (non-hydrogen) atoms. The highest BCUT2D eigenvalue weighted by Gasteiger charge is 2.10. The summed E-state index contributed by atoms with van der Waals surface area (Å²) in [5, 5.41) is 3.28. The number of hydrogen-bond donors (Lipinski definition) is 1. The topological polar surface area (TPSA) is 37.4 Å². The van der Waals surface area contributed by atoms with Crippen LogP contribution in [0.3, 0.4) is 0 Å². The third-order valence-corrected chi connectivity index (χ3v) is 2.69. The molecule has 0 radical (unpaired) electrons. The lowest BCUT2D eigenvalue weighted by Crippen LogP contribution is -2.26. The molecule has 2 rings (SSSR count). The molecule has 0 spiro atoms. The Bertz CT molecular complexity index is 322. The van der Waals surface area contributed by atoms with Crippen molar-refractivity contribution < 1.29 is 4.74 Å². The van der Waals surface area contributed by atoms with Crippen molar-refractivity contribution in [3.8, 4) is 0 Å². The zero-order valence-electron chi connectivity index (χ0n) is 9.78. The Morgan fingerprint density at radius 1 is 1.38 bits per heavy atom. The summed E-state index contributed by atoms with van der Waals surface area (Å²) in [7, 11) is 0. The van der Waals surface area contributed by atoms with Crippen LogP contribution in [0.4, 0.5) is 11.4 Å². The van der Waals surface area contributed by atoms with E-state index < -0.39 is 0 Å². The molecule has 1 aromatic rings. The standard InChI is InChI=1S/C12H19N3O/c1-2-14-11-8-12(10-13-9-11)15-4-3-6-16-7-5-15/h8-10,14H,2-7H2,1H3. The predicted octanol–water partition coefficient (Wildman–Crippen LogP) is 1.74. The number of aromatic nitrogens is 1. The highest BCUT2D eigenvalue weighted by atomic mass is 16.5. The summed E-state index contributed by atoms with van der Waals surface area (Å²) in [5.74, 6) is 0. The third-order valence-electron chi connectivity index (χ3n) is 2.69. The van der Waals surface area contributed by atoms with E-state index in [1.807, 2.05) is 12.4 Å². The molecular weight excluding hydrogens is 202 g/mol. The quantitative estimate of drug-likeness (QED) is 0.843. The molecule has 0 amide bonds. The van der Waals surface area contributed by atoms with E-state index >= 15 is 0 Å². The van der Waals surface area contributed by atoms with E-state index in [1.165, 1.54) is 5.69 Å². The van der Waals surface area contributed by atoms with E-state index in [0.29, 0.717) is 0 Å². The Hall–Kier alpha value is -1.29. The van der Waals surface area contributed by atoms with Crippen molar-refractivity contribution in [2.24, 2.45) is 0 Å². The molecule has 1 saturated heterocycles. The first-order chi connectivity index (χ1) is 7.90. The molecule has 2 heterocycles. The number of nitrogens with one attached hydrogen (secondary N) is 1. The van der Waals surface area contributed by atoms with Crippen molar-refractivity contribution in [2.45, 2.75) is 13.3 Å². The molecule has 0 unspecified atom stereocenters. The van der Waals surface area contributed by atoms with Crippen LogP contribution in [0.5, 0.6) is 0 Å². The first-order valence-electron chi connectivity index (χ1n) is 5.92. The average molecular weight is 221 g/mol. The molecule has 0 aromatic carbocycles. The summed E-state index contributed by atoms with van der Waals surface area (Å²) in [5.41, 5.74) is 2.27. The average Bonchev–Trinajstić information content (AvgIpc) is 2.58. The zero-order chi connectivity index (χ0) is 11.2. The Kier molecular flexibility index (Phi) is 3.99. The maximum Gasteiger partial charge on any atom is 0.0641 e. The lowest BCUT2D eigenvalue weighted by atomic mass is 10.3. The molecule has 4 nitrogen and oxygen atoms in total. The summed E-state index contributed by atoms with van der Waals surface area (Å²) >= 11 is 0. The van der Waals surface area contributed by atoms with E-state index in [2.05, 4.69) is 28.2 Å². The number of rotatable bonds is 3. The fourth-order valence-electron chi connectivity index (χ4n) is 1.91. The van der Waals surface area contributed by atoms with Crippen LogP contribution in [0.25, 0.3) is 0 Å². The fraction of sp³-hybridized carbons (Fsp3) is 0.583. The molecule has 1 aromatic heterocycles. The lowest BCUT2D eigenvalue weighted by molar-refractivity contribution is 0.152. The van der Waals surface area contributed by atoms with Gasteiger partial charge in [-0.2, -0.15) is 0 Å². The summed E-state index contributed by atoms with van der Waals surface area (Å²) in [6, 6.07) is 2.15. The molecule has 0 atom stereocenters. The zero-order valence-corrected chi connectivity index (χ0v) is 9.78. The van der Waals surface area contributed by atoms with Crippen molar-refractivity contribution in [1.82, 2.24) is 4.98 Å². The molecule has 1 aliphatic rings. The van der Waals surface area contributed by atoms with Gasteiger partial charge in [0.15, 0.2) is 0 Å². The smallest absolute Gasteiger partial charge is 0.0641 e. The van der Waals surface area contributed by atoms with Gasteiger partial charge in [0.2, 0.25) is 0 Å². The van der Waals surface area contributed by atoms with Gasteiger partial charge in [-0.3, -0.25) is 4.98 Å². The Morgan fingerprint density at radius 2 is 2.31 bits per heavy atom. The highest BCUT2D eigenvalue weighted by Crippen LogP contribution is 2.18. The summed E-state index contributed by atoms with van der Waals surface area (Å²) in [6.07, 6.45) is 4.87. The maximum absolute atomic E-state index is 5.45. The van der Waals surface area contributed by atoms with E-state index in [-0.39, 0.29) is 0 Å². The lowest BCUT2D eigenvalue weighted by Gasteiger charge is -2.22. The maximum atomic E-state index is 5.45. The van der Waals surface area contributed by atoms with Gasteiger partial charge in [0.05, 0.1) is 30.4 Å². The van der Waals surface area contributed by atoms with Gasteiger partial charge in [0.25, 0.3) is 0 Å². The van der Waals surface area contributed by atoms with Crippen molar-refractivity contribution in [3.05, 3.63) is 18.5 Å². The summed E-state index contributed by atoms with van der Waals surface area (Å²) in [4.78, 5) is 6.60. The summed E-state index contributed by atoms with van der Waals surface area (Å²) < 4.78 is 5.45. The SMILES string of the molecule is CCNc1cncc(N2CCCOCC2)c1. The largest absolute Gasteiger partial charge is 0.384 e. The van der Waals surface area contributed by atoms with Gasteiger partial charge in [-0.1, -0.05) is 0 Å². The van der Waals surface area contributed by atoms with Crippen LogP contribution in [0.15, 0.2) is 18.5 Å². The number of nitrogens with zero attached hydrogens (tertiary/aromatic N) is 2. The molecule has 0 saturated carbocycles. The van der Waals surface area contributed by atoms with Crippen molar-refractivity contribution in [3.63, 3.8) is 0 Å². The van der Waals surface area contributed by atoms with Crippen LogP contribution in [0, 0.1) is 0 Å². The predicted molar refractivity (Wildman–Crippen MR) is 66.0 cm³/mol. The van der Waals surface area contributed by atoms with Gasteiger partial charge < -0.3 is 15.0 Å². The number of anilines is 2. The van der Waals surface area contributed by atoms with Crippen LogP contribution in [-0.2, 0) is 4.74 Å². The third kappa shape index (κ3) is 2.85. The molecule has 4 heteroatoms. The van der Waals surface area contributed by atoms with Crippen LogP contribution in [0.2, 0.25) is 0 Å². The molecule has 1 fully saturated rings. The van der Waals surface area contributed by atoms with Gasteiger partial charge in [0, 0.05) is 26.2 Å². The van der Waals surface area contributed by atoms with Crippen molar-refractivity contribution >= 4 is 11.4 Å². The molecule has 0 aliphatic carbocycles. The van der Waals surface area contributed by atoms with Crippen LogP contribution in [0.1, 0.15) is 13.3 Å². The van der Waals surface area contributed by atoms with E-state index in [1.54, 1.807) is 0 Å². The van der Waals surface area contributed by atoms with E-state index in [0.717, 1.165) is 45.0 Å². The van der Waals surface area contributed by atoms with E-state index in [9.17, 15) is 0 Å². The van der Waals surface area contributed by atoms with Crippen LogP contribution < -0.4 is 10.2 Å². The van der Waals surface area contributed by atoms with Crippen molar-refractivity contribution in [2.75, 3.05) is 43.1 Å². The second-order valence-electron chi connectivity index (χ2n) is 3.92.